The molecule has 3 fully saturated rings. The molecule has 2 aromatic carbocycles. The van der Waals surface area contributed by atoms with E-state index in [4.69, 9.17) is 0 Å². The van der Waals surface area contributed by atoms with E-state index in [1.807, 2.05) is 24.3 Å². The number of aromatic nitrogens is 2. The van der Waals surface area contributed by atoms with E-state index in [-0.39, 0.29) is 18.0 Å². The van der Waals surface area contributed by atoms with Gasteiger partial charge in [0.1, 0.15) is 5.82 Å². The number of nitrogens with zero attached hydrogens (tertiary/aromatic N) is 1. The lowest BCUT2D eigenvalue weighted by Crippen LogP contribution is -2.60. The van der Waals surface area contributed by atoms with Gasteiger partial charge in [-0.05, 0) is 74.8 Å². The summed E-state index contributed by atoms with van der Waals surface area (Å²) in [5, 5.41) is 16.6. The highest BCUT2D eigenvalue weighted by Gasteiger charge is 2.48. The minimum absolute atomic E-state index is 0.276. The van der Waals surface area contributed by atoms with Crippen molar-refractivity contribution in [2.24, 2.45) is 0 Å². The molecular formula is C25H27F3N4O2. The summed E-state index contributed by atoms with van der Waals surface area (Å²) in [5.74, 6) is 0.537. The van der Waals surface area contributed by atoms with Gasteiger partial charge in [-0.25, -0.2) is 9.78 Å². The zero-order valence-electron chi connectivity index (χ0n) is 18.6. The fourth-order valence-electron chi connectivity index (χ4n) is 5.21. The average Bonchev–Trinajstić information content (AvgIpc) is 3.24. The van der Waals surface area contributed by atoms with Crippen molar-refractivity contribution in [1.29, 1.82) is 0 Å². The maximum Gasteiger partial charge on any atom is 0.416 e. The number of aliphatic hydroxyl groups is 1. The van der Waals surface area contributed by atoms with E-state index in [1.54, 1.807) is 0 Å². The first-order chi connectivity index (χ1) is 16.1. The summed E-state index contributed by atoms with van der Waals surface area (Å²) in [6, 6.07) is 11.5. The number of alkyl halides is 3. The molecule has 3 aliphatic carbocycles. The summed E-state index contributed by atoms with van der Waals surface area (Å²) in [5.41, 5.74) is 0.568. The standard InChI is InChI=1S/C25H27F3N4O2/c26-25(27,28)17-7-5-16(6-8-17)15-20(21-29-18-3-1-2-4-19(18)30-21)31-22(33)32-23-9-12-24(34,13-10-23)14-11-23/h1-8,20,34H,9-15H2,(H,29,30)(H2,31,32,33). The third kappa shape index (κ3) is 4.61. The van der Waals surface area contributed by atoms with E-state index in [0.29, 0.717) is 30.7 Å². The third-order valence-electron chi connectivity index (χ3n) is 7.35. The molecule has 1 heterocycles. The Morgan fingerprint density at radius 2 is 1.68 bits per heavy atom. The second-order valence-corrected chi connectivity index (χ2v) is 9.69. The van der Waals surface area contributed by atoms with Gasteiger partial charge in [0.15, 0.2) is 0 Å². The molecule has 2 bridgehead atoms. The minimum Gasteiger partial charge on any atom is -0.390 e. The van der Waals surface area contributed by atoms with Crippen LogP contribution >= 0.6 is 0 Å². The van der Waals surface area contributed by atoms with Crippen LogP contribution < -0.4 is 10.6 Å². The number of H-pyrrole nitrogens is 1. The number of carbonyl (C=O) groups is 1. The highest BCUT2D eigenvalue weighted by atomic mass is 19.4. The number of rotatable bonds is 5. The van der Waals surface area contributed by atoms with Crippen LogP contribution in [-0.2, 0) is 12.6 Å². The number of urea groups is 1. The lowest BCUT2D eigenvalue weighted by molar-refractivity contribution is -0.137. The molecule has 0 radical (unpaired) electrons. The Balaban J connectivity index is 1.36. The van der Waals surface area contributed by atoms with E-state index in [0.717, 1.165) is 42.4 Å². The number of halogens is 3. The SMILES string of the molecule is O=C(NC(Cc1ccc(C(F)(F)F)cc1)c1nc2ccccc2[nH]1)NC12CCC(O)(CC1)CC2. The molecule has 1 aromatic heterocycles. The third-order valence-corrected chi connectivity index (χ3v) is 7.35. The van der Waals surface area contributed by atoms with Gasteiger partial charge in [0, 0.05) is 5.54 Å². The molecule has 180 valence electrons. The molecule has 3 aliphatic rings. The summed E-state index contributed by atoms with van der Waals surface area (Å²) in [7, 11) is 0. The number of carbonyl (C=O) groups excluding carboxylic acids is 1. The topological polar surface area (TPSA) is 90.0 Å². The molecule has 6 rings (SSSR count). The summed E-state index contributed by atoms with van der Waals surface area (Å²) in [6.07, 6.45) is 0.0727. The lowest BCUT2D eigenvalue weighted by atomic mass is 9.63. The van der Waals surface area contributed by atoms with Crippen LogP contribution in [0.2, 0.25) is 0 Å². The number of para-hydroxylation sites is 2. The van der Waals surface area contributed by atoms with Crippen molar-refractivity contribution >= 4 is 17.1 Å². The number of hydrogen-bond donors (Lipinski definition) is 4. The van der Waals surface area contributed by atoms with Crippen molar-refractivity contribution in [3.8, 4) is 0 Å². The minimum atomic E-state index is -4.40. The van der Waals surface area contributed by atoms with Gasteiger partial charge in [-0.1, -0.05) is 24.3 Å². The van der Waals surface area contributed by atoms with Crippen molar-refractivity contribution in [3.63, 3.8) is 0 Å². The van der Waals surface area contributed by atoms with Crippen LogP contribution in [0.25, 0.3) is 11.0 Å². The zero-order valence-corrected chi connectivity index (χ0v) is 18.6. The Labute approximate surface area is 195 Å². The van der Waals surface area contributed by atoms with Crippen molar-refractivity contribution in [2.75, 3.05) is 0 Å². The van der Waals surface area contributed by atoms with Gasteiger partial charge < -0.3 is 20.7 Å². The zero-order chi connectivity index (χ0) is 24.0. The maximum absolute atomic E-state index is 13.1. The molecule has 4 N–H and O–H groups in total. The van der Waals surface area contributed by atoms with Gasteiger partial charge in [-0.2, -0.15) is 13.2 Å². The lowest BCUT2D eigenvalue weighted by Gasteiger charge is -2.51. The predicted octanol–water partition coefficient (Wildman–Crippen LogP) is 5.00. The van der Waals surface area contributed by atoms with Crippen LogP contribution in [0, 0.1) is 0 Å². The summed E-state index contributed by atoms with van der Waals surface area (Å²) >= 11 is 0. The van der Waals surface area contributed by atoms with Crippen molar-refractivity contribution in [3.05, 3.63) is 65.5 Å². The molecular weight excluding hydrogens is 445 g/mol. The van der Waals surface area contributed by atoms with E-state index in [1.165, 1.54) is 12.1 Å². The predicted molar refractivity (Wildman–Crippen MR) is 121 cm³/mol. The average molecular weight is 473 g/mol. The largest absolute Gasteiger partial charge is 0.416 e. The number of hydrogen-bond acceptors (Lipinski definition) is 3. The molecule has 3 aromatic rings. The van der Waals surface area contributed by atoms with E-state index in [9.17, 15) is 23.1 Å². The number of nitrogens with one attached hydrogen (secondary N) is 3. The number of benzene rings is 2. The monoisotopic (exact) mass is 472 g/mol. The smallest absolute Gasteiger partial charge is 0.390 e. The Morgan fingerprint density at radius 3 is 2.29 bits per heavy atom. The van der Waals surface area contributed by atoms with Gasteiger partial charge >= 0.3 is 12.2 Å². The molecule has 1 unspecified atom stereocenters. The van der Waals surface area contributed by atoms with Crippen LogP contribution in [0.3, 0.4) is 0 Å². The Morgan fingerprint density at radius 1 is 1.03 bits per heavy atom. The van der Waals surface area contributed by atoms with Crippen molar-refractivity contribution in [2.45, 2.75) is 68.3 Å². The molecule has 6 nitrogen and oxygen atoms in total. The second kappa shape index (κ2) is 8.30. The van der Waals surface area contributed by atoms with E-state index in [2.05, 4.69) is 20.6 Å². The highest BCUT2D eigenvalue weighted by molar-refractivity contribution is 5.77. The number of aromatic amines is 1. The molecule has 1 atom stereocenters. The normalized spacial score (nSPS) is 25.3. The van der Waals surface area contributed by atoms with Gasteiger partial charge in [-0.3, -0.25) is 0 Å². The maximum atomic E-state index is 13.1. The Kier molecular flexibility index (Phi) is 5.55. The summed E-state index contributed by atoms with van der Waals surface area (Å²) in [6.45, 7) is 0. The molecule has 9 heteroatoms. The number of amides is 2. The molecule has 0 saturated heterocycles. The summed E-state index contributed by atoms with van der Waals surface area (Å²) < 4.78 is 38.9. The Bertz CT molecular complexity index is 1130. The summed E-state index contributed by atoms with van der Waals surface area (Å²) in [4.78, 5) is 20.9. The first kappa shape index (κ1) is 22.7. The Hall–Kier alpha value is -3.07. The fraction of sp³-hybridized carbons (Fsp3) is 0.440. The van der Waals surface area contributed by atoms with Crippen LogP contribution in [0.15, 0.2) is 48.5 Å². The first-order valence-corrected chi connectivity index (χ1v) is 11.6. The number of fused-ring (bicyclic) bond motifs is 4. The molecule has 0 spiro atoms. The van der Waals surface area contributed by atoms with Crippen LogP contribution in [0.5, 0.6) is 0 Å². The van der Waals surface area contributed by atoms with Crippen molar-refractivity contribution in [1.82, 2.24) is 20.6 Å². The van der Waals surface area contributed by atoms with Crippen LogP contribution in [-0.4, -0.2) is 32.2 Å². The van der Waals surface area contributed by atoms with Gasteiger partial charge in [0.2, 0.25) is 0 Å². The van der Waals surface area contributed by atoms with Crippen molar-refractivity contribution < 1.29 is 23.1 Å². The van der Waals surface area contributed by atoms with Crippen LogP contribution in [0.4, 0.5) is 18.0 Å². The van der Waals surface area contributed by atoms with Crippen LogP contribution in [0.1, 0.15) is 61.5 Å². The number of imidazole rings is 1. The molecule has 34 heavy (non-hydrogen) atoms. The van der Waals surface area contributed by atoms with Gasteiger partial charge in [0.25, 0.3) is 0 Å². The molecule has 2 amide bonds. The molecule has 3 saturated carbocycles. The molecule has 0 aliphatic heterocycles. The van der Waals surface area contributed by atoms with E-state index >= 15 is 0 Å². The van der Waals surface area contributed by atoms with Gasteiger partial charge in [-0.15, -0.1) is 0 Å². The van der Waals surface area contributed by atoms with Gasteiger partial charge in [0.05, 0.1) is 28.2 Å². The fourth-order valence-corrected chi connectivity index (χ4v) is 5.21. The quantitative estimate of drug-likeness (QED) is 0.421. The highest BCUT2D eigenvalue weighted by Crippen LogP contribution is 2.46. The van der Waals surface area contributed by atoms with E-state index < -0.39 is 23.4 Å². The first-order valence-electron chi connectivity index (χ1n) is 11.6. The second-order valence-electron chi connectivity index (χ2n) is 9.69.